The molecular weight excluding hydrogens is 398 g/mol. The fourth-order valence-electron chi connectivity index (χ4n) is 3.45. The molecule has 10 heteroatoms. The van der Waals surface area contributed by atoms with Gasteiger partial charge in [0.25, 0.3) is 11.7 Å². The van der Waals surface area contributed by atoms with Gasteiger partial charge in [-0.2, -0.15) is 13.9 Å². The number of hydrogen-bond acceptors (Lipinski definition) is 5. The van der Waals surface area contributed by atoms with Gasteiger partial charge in [0.15, 0.2) is 4.77 Å². The molecule has 2 aromatic heterocycles. The quantitative estimate of drug-likeness (QED) is 0.568. The molecule has 1 aliphatic heterocycles. The summed E-state index contributed by atoms with van der Waals surface area (Å²) in [5.74, 6) is -1.66. The molecule has 5 nitrogen and oxygen atoms in total. The van der Waals surface area contributed by atoms with E-state index in [-0.39, 0.29) is 11.8 Å². The number of aromatic nitrogens is 3. The molecule has 4 rings (SSSR count). The van der Waals surface area contributed by atoms with E-state index in [1.54, 1.807) is 16.3 Å². The van der Waals surface area contributed by atoms with Crippen LogP contribution in [0.2, 0.25) is 0 Å². The van der Waals surface area contributed by atoms with Crippen LogP contribution >= 0.6 is 35.3 Å². The number of H-pyrrole nitrogens is 1. The Morgan fingerprint density at radius 2 is 2.23 bits per heavy atom. The van der Waals surface area contributed by atoms with Crippen LogP contribution in [0.3, 0.4) is 0 Å². The minimum absolute atomic E-state index is 0.118. The number of nitrogens with one attached hydrogen (secondary N) is 1. The lowest BCUT2D eigenvalue weighted by molar-refractivity contribution is 0.0705. The maximum Gasteiger partial charge on any atom is 0.288 e. The van der Waals surface area contributed by atoms with Gasteiger partial charge < -0.3 is 9.47 Å². The topological polar surface area (TPSA) is 53.9 Å². The highest BCUT2D eigenvalue weighted by Gasteiger charge is 2.34. The van der Waals surface area contributed by atoms with Gasteiger partial charge in [-0.25, -0.2) is 0 Å². The third kappa shape index (κ3) is 3.59. The minimum Gasteiger partial charge on any atom is -0.337 e. The summed E-state index contributed by atoms with van der Waals surface area (Å²) < 4.78 is 28.2. The second kappa shape index (κ2) is 7.40. The van der Waals surface area contributed by atoms with E-state index < -0.39 is 5.76 Å². The van der Waals surface area contributed by atoms with E-state index >= 15 is 0 Å². The highest BCUT2D eigenvalue weighted by molar-refractivity contribution is 7.99. The van der Waals surface area contributed by atoms with Crippen LogP contribution in [0.15, 0.2) is 16.3 Å². The van der Waals surface area contributed by atoms with Crippen molar-refractivity contribution in [2.45, 2.75) is 48.3 Å². The average molecular weight is 417 g/mol. The van der Waals surface area contributed by atoms with E-state index in [1.165, 1.54) is 11.3 Å². The number of nitrogens with zero attached hydrogens (tertiary/aromatic N) is 3. The molecule has 2 fully saturated rings. The first kappa shape index (κ1) is 18.1. The highest BCUT2D eigenvalue weighted by atomic mass is 32.2. The number of hydrogen-bond donors (Lipinski definition) is 1. The lowest BCUT2D eigenvalue weighted by Crippen LogP contribution is -2.39. The summed E-state index contributed by atoms with van der Waals surface area (Å²) in [5.41, 5.74) is 0. The standard InChI is InChI=1S/C16H18F2N4OS3/c17-15(18)26-11-5-7-25-12(11)14(23)21-6-1-2-9(8-21)13-19-20-16(24)22(13)10-3-4-10/h5,7,9-10,15H,1-4,6,8H2,(H,20,24). The second-order valence-corrected chi connectivity index (χ2v) is 8.91. The molecule has 140 valence electrons. The molecule has 26 heavy (non-hydrogen) atoms. The number of thioether (sulfide) groups is 1. The highest BCUT2D eigenvalue weighted by Crippen LogP contribution is 2.39. The van der Waals surface area contributed by atoms with Crippen molar-refractivity contribution in [1.29, 1.82) is 0 Å². The number of amides is 1. The molecule has 0 bridgehead atoms. The molecule has 1 N–H and O–H groups in total. The number of piperidine rings is 1. The average Bonchev–Trinajstić information content (AvgIpc) is 3.23. The molecule has 1 saturated heterocycles. The van der Waals surface area contributed by atoms with E-state index in [9.17, 15) is 13.6 Å². The van der Waals surface area contributed by atoms with Crippen LogP contribution in [0.5, 0.6) is 0 Å². The molecule has 0 radical (unpaired) electrons. The van der Waals surface area contributed by atoms with Gasteiger partial charge in [0.05, 0.1) is 0 Å². The SMILES string of the molecule is O=C(c1sccc1SC(F)F)N1CCCC(c2n[nH]c(=S)n2C2CC2)C1. The number of alkyl halides is 2. The van der Waals surface area contributed by atoms with Crippen LogP contribution in [0.4, 0.5) is 8.78 Å². The molecule has 1 amide bonds. The Balaban J connectivity index is 1.53. The fourth-order valence-corrected chi connectivity index (χ4v) is 5.40. The van der Waals surface area contributed by atoms with Crippen LogP contribution in [0.1, 0.15) is 53.1 Å². The molecule has 3 heterocycles. The summed E-state index contributed by atoms with van der Waals surface area (Å²) in [5, 5.41) is 9.00. The van der Waals surface area contributed by atoms with Crippen molar-refractivity contribution in [2.24, 2.45) is 0 Å². The summed E-state index contributed by atoms with van der Waals surface area (Å²) in [6.45, 7) is 1.18. The molecule has 0 aromatic carbocycles. The van der Waals surface area contributed by atoms with E-state index in [2.05, 4.69) is 14.8 Å². The molecule has 2 aromatic rings. The van der Waals surface area contributed by atoms with Crippen LogP contribution in [0, 0.1) is 4.77 Å². The predicted molar refractivity (Wildman–Crippen MR) is 99.7 cm³/mol. The lowest BCUT2D eigenvalue weighted by Gasteiger charge is -2.32. The summed E-state index contributed by atoms with van der Waals surface area (Å²) in [7, 11) is 0. The fraction of sp³-hybridized carbons (Fsp3) is 0.562. The van der Waals surface area contributed by atoms with E-state index in [0.29, 0.717) is 45.4 Å². The summed E-state index contributed by atoms with van der Waals surface area (Å²) >= 11 is 7.01. The van der Waals surface area contributed by atoms with Crippen LogP contribution < -0.4 is 0 Å². The Bertz CT molecular complexity index is 858. The predicted octanol–water partition coefficient (Wildman–Crippen LogP) is 4.67. The molecule has 2 aliphatic rings. The number of halogens is 2. The number of carbonyl (C=O) groups is 1. The Morgan fingerprint density at radius 1 is 1.42 bits per heavy atom. The third-order valence-corrected chi connectivity index (χ3v) is 6.85. The molecule has 1 aliphatic carbocycles. The normalized spacial score (nSPS) is 20.7. The largest absolute Gasteiger partial charge is 0.337 e. The second-order valence-electron chi connectivity index (χ2n) is 6.57. The van der Waals surface area contributed by atoms with Crippen molar-refractivity contribution in [1.82, 2.24) is 19.7 Å². The van der Waals surface area contributed by atoms with Crippen molar-refractivity contribution < 1.29 is 13.6 Å². The Hall–Kier alpha value is -1.26. The molecule has 0 spiro atoms. The van der Waals surface area contributed by atoms with Crippen molar-refractivity contribution in [3.05, 3.63) is 26.9 Å². The van der Waals surface area contributed by atoms with E-state index in [0.717, 1.165) is 31.5 Å². The number of likely N-dealkylation sites (tertiary alicyclic amines) is 1. The Morgan fingerprint density at radius 3 is 2.96 bits per heavy atom. The van der Waals surface area contributed by atoms with Crippen LogP contribution in [-0.4, -0.2) is 44.4 Å². The maximum absolute atomic E-state index is 12.9. The van der Waals surface area contributed by atoms with Crippen molar-refractivity contribution >= 4 is 41.2 Å². The molecule has 1 atom stereocenters. The number of carbonyl (C=O) groups excluding carboxylic acids is 1. The molecule has 1 unspecified atom stereocenters. The zero-order valence-corrected chi connectivity index (χ0v) is 16.3. The van der Waals surface area contributed by atoms with Crippen molar-refractivity contribution in [3.63, 3.8) is 0 Å². The van der Waals surface area contributed by atoms with Crippen LogP contribution in [-0.2, 0) is 0 Å². The van der Waals surface area contributed by atoms with Gasteiger partial charge in [-0.1, -0.05) is 11.8 Å². The summed E-state index contributed by atoms with van der Waals surface area (Å²) in [6.07, 6.45) is 4.03. The van der Waals surface area contributed by atoms with Crippen LogP contribution in [0.25, 0.3) is 0 Å². The van der Waals surface area contributed by atoms with Gasteiger partial charge in [-0.05, 0) is 49.3 Å². The van der Waals surface area contributed by atoms with Gasteiger partial charge >= 0.3 is 0 Å². The monoisotopic (exact) mass is 416 g/mol. The van der Waals surface area contributed by atoms with Gasteiger partial charge in [-0.15, -0.1) is 11.3 Å². The molecule has 1 saturated carbocycles. The first-order valence-corrected chi connectivity index (χ1v) is 10.7. The maximum atomic E-state index is 12.9. The van der Waals surface area contributed by atoms with Crippen molar-refractivity contribution in [2.75, 3.05) is 13.1 Å². The van der Waals surface area contributed by atoms with Gasteiger partial charge in [-0.3, -0.25) is 9.89 Å². The Kier molecular flexibility index (Phi) is 5.15. The first-order valence-electron chi connectivity index (χ1n) is 8.53. The molecular formula is C16H18F2N4OS3. The number of aromatic amines is 1. The number of rotatable bonds is 5. The van der Waals surface area contributed by atoms with Gasteiger partial charge in [0.2, 0.25) is 0 Å². The smallest absolute Gasteiger partial charge is 0.288 e. The summed E-state index contributed by atoms with van der Waals surface area (Å²) in [4.78, 5) is 15.4. The van der Waals surface area contributed by atoms with Gasteiger partial charge in [0, 0.05) is 29.9 Å². The van der Waals surface area contributed by atoms with Crippen molar-refractivity contribution in [3.8, 4) is 0 Å². The minimum atomic E-state index is -2.53. The van der Waals surface area contributed by atoms with E-state index in [4.69, 9.17) is 12.2 Å². The third-order valence-electron chi connectivity index (χ3n) is 4.76. The number of thiophene rings is 1. The zero-order chi connectivity index (χ0) is 18.3. The lowest BCUT2D eigenvalue weighted by atomic mass is 9.97. The summed E-state index contributed by atoms with van der Waals surface area (Å²) in [6, 6.07) is 2.02. The zero-order valence-electron chi connectivity index (χ0n) is 13.9. The van der Waals surface area contributed by atoms with Gasteiger partial charge in [0.1, 0.15) is 10.7 Å². The first-order chi connectivity index (χ1) is 12.5. The Labute approximate surface area is 162 Å². The van der Waals surface area contributed by atoms with E-state index in [1.807, 2.05) is 0 Å².